The molecule has 1 fully saturated rings. The summed E-state index contributed by atoms with van der Waals surface area (Å²) in [5, 5.41) is 3.38. The lowest BCUT2D eigenvalue weighted by Gasteiger charge is -2.24. The molecular weight excluding hydrogens is 184 g/mol. The molecule has 1 aliphatic heterocycles. The fourth-order valence-corrected chi connectivity index (χ4v) is 2.43. The van der Waals surface area contributed by atoms with E-state index in [1.807, 2.05) is 0 Å². The smallest absolute Gasteiger partial charge is 0.0204 e. The van der Waals surface area contributed by atoms with Crippen molar-refractivity contribution < 1.29 is 0 Å². The molecule has 1 rings (SSSR count). The van der Waals surface area contributed by atoms with Gasteiger partial charge in [0.15, 0.2) is 0 Å². The first-order valence-corrected chi connectivity index (χ1v) is 6.54. The van der Waals surface area contributed by atoms with Gasteiger partial charge in [-0.25, -0.2) is 0 Å². The SMILES string of the molecule is CNC1CCN(C(C)CCCC(C)C)C1. The van der Waals surface area contributed by atoms with Crippen molar-refractivity contribution in [3.05, 3.63) is 0 Å². The fraction of sp³-hybridized carbons (Fsp3) is 1.00. The highest BCUT2D eigenvalue weighted by molar-refractivity contribution is 4.82. The van der Waals surface area contributed by atoms with Crippen molar-refractivity contribution in [2.75, 3.05) is 20.1 Å². The lowest BCUT2D eigenvalue weighted by Crippen LogP contribution is -2.34. The van der Waals surface area contributed by atoms with Gasteiger partial charge in [0.1, 0.15) is 0 Å². The van der Waals surface area contributed by atoms with Crippen LogP contribution in [0.5, 0.6) is 0 Å². The van der Waals surface area contributed by atoms with Crippen molar-refractivity contribution in [1.29, 1.82) is 0 Å². The first-order chi connectivity index (χ1) is 7.13. The number of rotatable bonds is 6. The minimum atomic E-state index is 0.734. The van der Waals surface area contributed by atoms with Crippen LogP contribution in [0.15, 0.2) is 0 Å². The largest absolute Gasteiger partial charge is 0.316 e. The van der Waals surface area contributed by atoms with E-state index < -0.39 is 0 Å². The van der Waals surface area contributed by atoms with E-state index in [-0.39, 0.29) is 0 Å². The van der Waals surface area contributed by atoms with Gasteiger partial charge in [-0.05, 0) is 32.7 Å². The number of nitrogens with zero attached hydrogens (tertiary/aromatic N) is 1. The van der Waals surface area contributed by atoms with Gasteiger partial charge in [0.25, 0.3) is 0 Å². The van der Waals surface area contributed by atoms with E-state index >= 15 is 0 Å². The van der Waals surface area contributed by atoms with Gasteiger partial charge in [-0.15, -0.1) is 0 Å². The molecule has 0 bridgehead atoms. The molecule has 0 aromatic rings. The molecule has 0 aliphatic carbocycles. The topological polar surface area (TPSA) is 15.3 Å². The van der Waals surface area contributed by atoms with E-state index in [0.717, 1.165) is 18.0 Å². The maximum Gasteiger partial charge on any atom is 0.0204 e. The molecule has 90 valence electrons. The minimum Gasteiger partial charge on any atom is -0.316 e. The molecule has 2 unspecified atom stereocenters. The van der Waals surface area contributed by atoms with E-state index in [2.05, 4.69) is 38.0 Å². The first kappa shape index (κ1) is 13.0. The van der Waals surface area contributed by atoms with Gasteiger partial charge in [-0.2, -0.15) is 0 Å². The molecule has 15 heavy (non-hydrogen) atoms. The zero-order valence-corrected chi connectivity index (χ0v) is 10.9. The van der Waals surface area contributed by atoms with Crippen molar-refractivity contribution in [3.63, 3.8) is 0 Å². The second-order valence-electron chi connectivity index (χ2n) is 5.44. The highest BCUT2D eigenvalue weighted by atomic mass is 15.2. The summed E-state index contributed by atoms with van der Waals surface area (Å²) in [7, 11) is 2.08. The Hall–Kier alpha value is -0.0800. The normalized spacial score (nSPS) is 25.0. The van der Waals surface area contributed by atoms with Crippen LogP contribution in [0, 0.1) is 5.92 Å². The van der Waals surface area contributed by atoms with Crippen LogP contribution in [0.1, 0.15) is 46.5 Å². The standard InChI is InChI=1S/C13H28N2/c1-11(2)6-5-7-12(3)15-9-8-13(10-15)14-4/h11-14H,5-10H2,1-4H3. The van der Waals surface area contributed by atoms with Crippen LogP contribution in [-0.2, 0) is 0 Å². The molecule has 1 N–H and O–H groups in total. The van der Waals surface area contributed by atoms with E-state index in [0.29, 0.717) is 0 Å². The molecule has 0 amide bonds. The zero-order chi connectivity index (χ0) is 11.3. The summed E-state index contributed by atoms with van der Waals surface area (Å²) in [6.45, 7) is 9.56. The van der Waals surface area contributed by atoms with Gasteiger partial charge >= 0.3 is 0 Å². The van der Waals surface area contributed by atoms with E-state index in [9.17, 15) is 0 Å². The lowest BCUT2D eigenvalue weighted by molar-refractivity contribution is 0.235. The van der Waals surface area contributed by atoms with Crippen molar-refractivity contribution in [3.8, 4) is 0 Å². The fourth-order valence-electron chi connectivity index (χ4n) is 2.43. The molecule has 2 atom stereocenters. The highest BCUT2D eigenvalue weighted by Gasteiger charge is 2.24. The molecule has 0 aromatic carbocycles. The van der Waals surface area contributed by atoms with Crippen LogP contribution in [0.4, 0.5) is 0 Å². The van der Waals surface area contributed by atoms with Gasteiger partial charge in [0.05, 0.1) is 0 Å². The van der Waals surface area contributed by atoms with Gasteiger partial charge in [-0.3, -0.25) is 4.90 Å². The maximum absolute atomic E-state index is 3.38. The molecule has 0 radical (unpaired) electrons. The van der Waals surface area contributed by atoms with Crippen LogP contribution >= 0.6 is 0 Å². The van der Waals surface area contributed by atoms with E-state index in [1.165, 1.54) is 38.8 Å². The number of hydrogen-bond acceptors (Lipinski definition) is 2. The molecule has 1 saturated heterocycles. The van der Waals surface area contributed by atoms with Gasteiger partial charge < -0.3 is 5.32 Å². The summed E-state index contributed by atoms with van der Waals surface area (Å²) in [5.74, 6) is 0.862. The molecule has 2 nitrogen and oxygen atoms in total. The van der Waals surface area contributed by atoms with Crippen LogP contribution in [0.25, 0.3) is 0 Å². The Morgan fingerprint density at radius 3 is 2.53 bits per heavy atom. The highest BCUT2D eigenvalue weighted by Crippen LogP contribution is 2.17. The summed E-state index contributed by atoms with van der Waals surface area (Å²) in [6.07, 6.45) is 5.47. The average Bonchev–Trinajstić information content (AvgIpc) is 2.65. The lowest BCUT2D eigenvalue weighted by atomic mass is 10.0. The quantitative estimate of drug-likeness (QED) is 0.728. The number of hydrogen-bond donors (Lipinski definition) is 1. The Morgan fingerprint density at radius 2 is 2.00 bits per heavy atom. The maximum atomic E-state index is 3.38. The molecule has 1 aliphatic rings. The van der Waals surface area contributed by atoms with Crippen molar-refractivity contribution >= 4 is 0 Å². The summed E-state index contributed by atoms with van der Waals surface area (Å²) in [6, 6.07) is 1.51. The molecule has 2 heteroatoms. The summed E-state index contributed by atoms with van der Waals surface area (Å²) >= 11 is 0. The van der Waals surface area contributed by atoms with Crippen LogP contribution in [0.2, 0.25) is 0 Å². The molecule has 0 saturated carbocycles. The van der Waals surface area contributed by atoms with Crippen LogP contribution < -0.4 is 5.32 Å². The Morgan fingerprint density at radius 1 is 1.27 bits per heavy atom. The van der Waals surface area contributed by atoms with Crippen molar-refractivity contribution in [1.82, 2.24) is 10.2 Å². The summed E-state index contributed by atoms with van der Waals surface area (Å²) in [4.78, 5) is 2.64. The number of nitrogens with one attached hydrogen (secondary N) is 1. The van der Waals surface area contributed by atoms with Gasteiger partial charge in [0.2, 0.25) is 0 Å². The Kier molecular flexibility index (Phi) is 5.62. The third-order valence-corrected chi connectivity index (χ3v) is 3.65. The molecule has 1 heterocycles. The van der Waals surface area contributed by atoms with Gasteiger partial charge in [-0.1, -0.05) is 26.7 Å². The average molecular weight is 212 g/mol. The third-order valence-electron chi connectivity index (χ3n) is 3.65. The van der Waals surface area contributed by atoms with E-state index in [1.54, 1.807) is 0 Å². The Labute approximate surface area is 95.4 Å². The second-order valence-corrected chi connectivity index (χ2v) is 5.44. The number of likely N-dealkylation sites (tertiary alicyclic amines) is 1. The molecular formula is C13H28N2. The zero-order valence-electron chi connectivity index (χ0n) is 10.9. The monoisotopic (exact) mass is 212 g/mol. The predicted octanol–water partition coefficient (Wildman–Crippen LogP) is 2.49. The Balaban J connectivity index is 2.14. The van der Waals surface area contributed by atoms with Gasteiger partial charge in [0, 0.05) is 25.2 Å². The van der Waals surface area contributed by atoms with Crippen LogP contribution in [0.3, 0.4) is 0 Å². The van der Waals surface area contributed by atoms with E-state index in [4.69, 9.17) is 0 Å². The first-order valence-electron chi connectivity index (χ1n) is 6.54. The van der Waals surface area contributed by atoms with Crippen LogP contribution in [-0.4, -0.2) is 37.1 Å². The molecule has 0 spiro atoms. The third kappa shape index (κ3) is 4.52. The summed E-state index contributed by atoms with van der Waals surface area (Å²) < 4.78 is 0. The van der Waals surface area contributed by atoms with Crippen molar-refractivity contribution in [2.24, 2.45) is 5.92 Å². The number of likely N-dealkylation sites (N-methyl/N-ethyl adjacent to an activating group) is 1. The second kappa shape index (κ2) is 6.49. The van der Waals surface area contributed by atoms with Crippen molar-refractivity contribution in [2.45, 2.75) is 58.5 Å². The summed E-state index contributed by atoms with van der Waals surface area (Å²) in [5.41, 5.74) is 0. The predicted molar refractivity (Wildman–Crippen MR) is 67.2 cm³/mol. The molecule has 0 aromatic heterocycles. The Bertz CT molecular complexity index is 168. The minimum absolute atomic E-state index is 0.734.